The highest BCUT2D eigenvalue weighted by Crippen LogP contribution is 2.30. The number of allylic oxidation sites excluding steroid dienone is 6. The lowest BCUT2D eigenvalue weighted by Crippen LogP contribution is -2.61. The summed E-state index contributed by atoms with van der Waals surface area (Å²) in [5, 5.41) is 9.02. The van der Waals surface area contributed by atoms with Crippen LogP contribution in [0, 0.1) is 23.7 Å². The molecule has 2 fully saturated rings. The van der Waals surface area contributed by atoms with Crippen molar-refractivity contribution in [1.29, 1.82) is 0 Å². The highest BCUT2D eigenvalue weighted by Gasteiger charge is 2.44. The van der Waals surface area contributed by atoms with Crippen molar-refractivity contribution >= 4 is 23.6 Å². The molecule has 0 aromatic rings. The van der Waals surface area contributed by atoms with E-state index in [0.717, 1.165) is 38.6 Å². The molecule has 0 bridgehead atoms. The molecule has 1 aliphatic carbocycles. The molecular formula is C39H65N5O6. The highest BCUT2D eigenvalue weighted by atomic mass is 16.5. The SMILES string of the molecule is CC[C@H](C)[C@@H]([C@@H](CC(=O)N1CCC[C@H]1[C@H](OC)[C@@H](C)C(=O)NCCC1C=CC=CC=C1)OC)N(C)[C@H](C(=O)NC(=O)[C@@]1(C)CCCN1)C(C)C. The average Bonchev–Trinajstić information content (AvgIpc) is 3.68. The summed E-state index contributed by atoms with van der Waals surface area (Å²) < 4.78 is 12.0. The normalized spacial score (nSPS) is 24.5. The number of nitrogens with one attached hydrogen (secondary N) is 3. The molecule has 0 unspecified atom stereocenters. The van der Waals surface area contributed by atoms with Crippen molar-refractivity contribution in [2.45, 2.75) is 122 Å². The number of likely N-dealkylation sites (tertiary alicyclic amines) is 1. The molecule has 4 amide bonds. The average molecular weight is 700 g/mol. The van der Waals surface area contributed by atoms with Gasteiger partial charge in [-0.1, -0.05) is 77.5 Å². The number of ether oxygens (including phenoxy) is 2. The fourth-order valence-electron chi connectivity index (χ4n) is 8.07. The van der Waals surface area contributed by atoms with Crippen molar-refractivity contribution in [3.05, 3.63) is 36.5 Å². The van der Waals surface area contributed by atoms with Crippen molar-refractivity contribution in [1.82, 2.24) is 25.8 Å². The molecule has 0 saturated carbocycles. The molecule has 11 nitrogen and oxygen atoms in total. The van der Waals surface area contributed by atoms with Gasteiger partial charge in [-0.05, 0) is 70.4 Å². The van der Waals surface area contributed by atoms with E-state index < -0.39 is 29.7 Å². The quantitative estimate of drug-likeness (QED) is 0.196. The maximum Gasteiger partial charge on any atom is 0.246 e. The minimum Gasteiger partial charge on any atom is -0.379 e. The lowest BCUT2D eigenvalue weighted by atomic mass is 9.87. The Bertz CT molecular complexity index is 1210. The van der Waals surface area contributed by atoms with E-state index in [1.807, 2.05) is 68.8 Å². The summed E-state index contributed by atoms with van der Waals surface area (Å²) in [6.45, 7) is 13.7. The van der Waals surface area contributed by atoms with Crippen LogP contribution in [0.3, 0.4) is 0 Å². The van der Waals surface area contributed by atoms with E-state index in [1.165, 1.54) is 0 Å². The zero-order valence-electron chi connectivity index (χ0n) is 32.1. The summed E-state index contributed by atoms with van der Waals surface area (Å²) in [5.74, 6) is -0.999. The number of methoxy groups -OCH3 is 2. The number of carbonyl (C=O) groups excluding carboxylic acids is 4. The summed E-state index contributed by atoms with van der Waals surface area (Å²) in [6.07, 6.45) is 16.2. The number of likely N-dealkylation sites (N-methyl/N-ethyl adjacent to an activating group) is 1. The van der Waals surface area contributed by atoms with Gasteiger partial charge in [0, 0.05) is 33.4 Å². The third kappa shape index (κ3) is 10.6. The van der Waals surface area contributed by atoms with Gasteiger partial charge in [-0.25, -0.2) is 0 Å². The second-order valence-corrected chi connectivity index (χ2v) is 15.1. The van der Waals surface area contributed by atoms with Crippen LogP contribution in [-0.2, 0) is 28.7 Å². The summed E-state index contributed by atoms with van der Waals surface area (Å²) in [4.78, 5) is 58.2. The second kappa shape index (κ2) is 19.7. The van der Waals surface area contributed by atoms with Crippen molar-refractivity contribution in [2.24, 2.45) is 23.7 Å². The van der Waals surface area contributed by atoms with Gasteiger partial charge in [-0.15, -0.1) is 0 Å². The Balaban J connectivity index is 1.71. The molecule has 0 spiro atoms. The first-order valence-corrected chi connectivity index (χ1v) is 18.8. The van der Waals surface area contributed by atoms with Gasteiger partial charge in [0.15, 0.2) is 0 Å². The van der Waals surface area contributed by atoms with Crippen molar-refractivity contribution in [2.75, 3.05) is 40.9 Å². The molecule has 8 atom stereocenters. The largest absolute Gasteiger partial charge is 0.379 e. The Labute approximate surface area is 301 Å². The van der Waals surface area contributed by atoms with Crippen LogP contribution in [0.5, 0.6) is 0 Å². The predicted octanol–water partition coefficient (Wildman–Crippen LogP) is 3.99. The highest BCUT2D eigenvalue weighted by molar-refractivity contribution is 6.02. The topological polar surface area (TPSA) is 129 Å². The van der Waals surface area contributed by atoms with Crippen LogP contribution >= 0.6 is 0 Å². The number of hydrogen-bond acceptors (Lipinski definition) is 8. The smallest absolute Gasteiger partial charge is 0.246 e. The first-order chi connectivity index (χ1) is 23.8. The number of nitrogens with zero attached hydrogens (tertiary/aromatic N) is 2. The van der Waals surface area contributed by atoms with Gasteiger partial charge in [-0.2, -0.15) is 0 Å². The standard InChI is InChI=1S/C39H65N5O6/c1-10-27(4)34(43(7)33(26(2)3)37(47)42-38(48)39(6)21-16-22-41-39)31(49-8)25-32(45)44-24-15-19-30(44)35(50-9)28(5)36(46)40-23-20-29-17-13-11-12-14-18-29/h11-14,17-18,26-31,33-35,41H,10,15-16,19-25H2,1-9H3,(H,40,46)(H,42,47,48)/t27-,28+,30-,31+,33-,34-,35+,39+/m0/s1. The maximum absolute atomic E-state index is 14.1. The Hall–Kier alpha value is -2.86. The first kappa shape index (κ1) is 41.6. The molecule has 2 aliphatic heterocycles. The predicted molar refractivity (Wildman–Crippen MR) is 197 cm³/mol. The molecule has 0 radical (unpaired) electrons. The van der Waals surface area contributed by atoms with Gasteiger partial charge >= 0.3 is 0 Å². The van der Waals surface area contributed by atoms with Gasteiger partial charge in [-0.3, -0.25) is 29.4 Å². The van der Waals surface area contributed by atoms with Crippen LogP contribution in [-0.4, -0.2) is 110 Å². The summed E-state index contributed by atoms with van der Waals surface area (Å²) in [5.41, 5.74) is -0.764. The zero-order chi connectivity index (χ0) is 37.0. The van der Waals surface area contributed by atoms with Gasteiger partial charge in [0.05, 0.1) is 42.2 Å². The number of hydrogen-bond donors (Lipinski definition) is 3. The second-order valence-electron chi connectivity index (χ2n) is 15.1. The van der Waals surface area contributed by atoms with Gasteiger partial charge < -0.3 is 25.0 Å². The minimum atomic E-state index is -0.764. The van der Waals surface area contributed by atoms with Crippen molar-refractivity contribution in [3.63, 3.8) is 0 Å². The Morgan fingerprint density at radius 1 is 1.00 bits per heavy atom. The number of carbonyl (C=O) groups is 4. The van der Waals surface area contributed by atoms with E-state index in [9.17, 15) is 19.2 Å². The lowest BCUT2D eigenvalue weighted by molar-refractivity contribution is -0.144. The maximum atomic E-state index is 14.1. The van der Waals surface area contributed by atoms with Crippen molar-refractivity contribution in [3.8, 4) is 0 Å². The number of rotatable bonds is 18. The fraction of sp³-hybridized carbons (Fsp3) is 0.744. The Kier molecular flexibility index (Phi) is 16.3. The Morgan fingerprint density at radius 2 is 1.68 bits per heavy atom. The van der Waals surface area contributed by atoms with E-state index in [0.29, 0.717) is 19.5 Å². The molecule has 2 heterocycles. The van der Waals surface area contributed by atoms with E-state index >= 15 is 0 Å². The fourth-order valence-corrected chi connectivity index (χ4v) is 8.07. The number of amides is 4. The summed E-state index contributed by atoms with van der Waals surface area (Å²) in [6, 6.07) is -1.13. The number of imide groups is 1. The van der Waals surface area contributed by atoms with Crippen LogP contribution < -0.4 is 16.0 Å². The van der Waals surface area contributed by atoms with Crippen LogP contribution in [0.15, 0.2) is 36.5 Å². The van der Waals surface area contributed by atoms with Crippen molar-refractivity contribution < 1.29 is 28.7 Å². The molecule has 2 saturated heterocycles. The Morgan fingerprint density at radius 3 is 2.24 bits per heavy atom. The third-order valence-corrected chi connectivity index (χ3v) is 11.2. The molecule has 3 aliphatic rings. The minimum absolute atomic E-state index is 0.0581. The monoisotopic (exact) mass is 699 g/mol. The molecule has 3 rings (SSSR count). The first-order valence-electron chi connectivity index (χ1n) is 18.8. The van der Waals surface area contributed by atoms with Gasteiger partial charge in [0.25, 0.3) is 0 Å². The van der Waals surface area contributed by atoms with Crippen LogP contribution in [0.25, 0.3) is 0 Å². The molecule has 0 aromatic carbocycles. The molecule has 11 heteroatoms. The van der Waals surface area contributed by atoms with Crippen LogP contribution in [0.2, 0.25) is 0 Å². The molecular weight excluding hydrogens is 634 g/mol. The van der Waals surface area contributed by atoms with Gasteiger partial charge in [0.2, 0.25) is 23.6 Å². The lowest BCUT2D eigenvalue weighted by Gasteiger charge is -2.43. The summed E-state index contributed by atoms with van der Waals surface area (Å²) in [7, 11) is 5.13. The van der Waals surface area contributed by atoms with E-state index in [-0.39, 0.29) is 59.9 Å². The summed E-state index contributed by atoms with van der Waals surface area (Å²) >= 11 is 0. The van der Waals surface area contributed by atoms with E-state index in [1.54, 1.807) is 14.2 Å². The van der Waals surface area contributed by atoms with Crippen LogP contribution in [0.4, 0.5) is 0 Å². The molecule has 282 valence electrons. The van der Waals surface area contributed by atoms with E-state index in [2.05, 4.69) is 41.9 Å². The third-order valence-electron chi connectivity index (χ3n) is 11.2. The van der Waals surface area contributed by atoms with Gasteiger partial charge in [0.1, 0.15) is 0 Å². The molecule has 50 heavy (non-hydrogen) atoms. The molecule has 0 aromatic heterocycles. The van der Waals surface area contributed by atoms with E-state index in [4.69, 9.17) is 9.47 Å². The van der Waals surface area contributed by atoms with Crippen LogP contribution in [0.1, 0.15) is 86.5 Å². The zero-order valence-corrected chi connectivity index (χ0v) is 32.1. The molecule has 3 N–H and O–H groups in total.